The van der Waals surface area contributed by atoms with E-state index >= 15 is 0 Å². The average molecular weight is 579 g/mol. The monoisotopic (exact) mass is 579 g/mol. The first-order chi connectivity index (χ1) is 21.7. The quantitative estimate of drug-likeness (QED) is 0.294. The van der Waals surface area contributed by atoms with E-state index in [4.69, 9.17) is 63.1 Å². The van der Waals surface area contributed by atoms with Crippen LogP contribution in [0, 0.1) is 0 Å². The highest BCUT2D eigenvalue weighted by Crippen LogP contribution is 2.41. The van der Waals surface area contributed by atoms with Crippen LogP contribution < -0.4 is 32.8 Å². The van der Waals surface area contributed by atoms with Gasteiger partial charge in [-0.3, -0.25) is 0 Å². The number of aromatic nitrogens is 1. The van der Waals surface area contributed by atoms with Gasteiger partial charge in [-0.25, -0.2) is 0 Å². The molecule has 0 aliphatic heterocycles. The molecule has 0 saturated carbocycles. The van der Waals surface area contributed by atoms with Gasteiger partial charge in [0.25, 0.3) is 0 Å². The largest absolute Gasteiger partial charge is 0.455 e. The number of nitrogens with zero attached hydrogens (tertiary/aromatic N) is 1. The fourth-order valence-electron chi connectivity index (χ4n) is 6.49. The van der Waals surface area contributed by atoms with Gasteiger partial charge in [-0.15, -0.1) is 10.9 Å². The van der Waals surface area contributed by atoms with E-state index in [0.29, 0.717) is 65.2 Å². The number of fused-ring (bicyclic) bond motifs is 6. The number of benzene rings is 6. The van der Waals surface area contributed by atoms with Crippen LogP contribution in [0.2, 0.25) is 5.02 Å². The fourth-order valence-corrected chi connectivity index (χ4v) is 6.66. The summed E-state index contributed by atoms with van der Waals surface area (Å²) in [4.78, 5) is 0. The summed E-state index contributed by atoms with van der Waals surface area (Å²) in [6.45, 7) is 0. The number of hydrogen-bond donors (Lipinski definition) is 0. The molecule has 2 heterocycles. The highest BCUT2D eigenvalue weighted by molar-refractivity contribution is 6.62. The average Bonchev–Trinajstić information content (AvgIpc) is 3.59. The maximum absolute atomic E-state index is 6.70. The highest BCUT2D eigenvalue weighted by Gasteiger charge is 2.22. The van der Waals surface area contributed by atoms with Crippen LogP contribution in [0.15, 0.2) is 101 Å². The van der Waals surface area contributed by atoms with Crippen LogP contribution in [0.5, 0.6) is 0 Å². The molecule has 45 heavy (non-hydrogen) atoms. The number of furan rings is 1. The molecule has 0 bridgehead atoms. The van der Waals surface area contributed by atoms with Crippen molar-refractivity contribution in [2.24, 2.45) is 0 Å². The lowest BCUT2D eigenvalue weighted by Gasteiger charge is -2.16. The van der Waals surface area contributed by atoms with Crippen LogP contribution in [-0.2, 0) is 0 Å². The smallest absolute Gasteiger partial charge is 0.143 e. The van der Waals surface area contributed by atoms with Crippen LogP contribution in [0.3, 0.4) is 0 Å². The fraction of sp³-hybridized carbons (Fsp3) is 0. The summed E-state index contributed by atoms with van der Waals surface area (Å²) in [5, 5.41) is 3.56. The summed E-state index contributed by atoms with van der Waals surface area (Å²) in [5.74, 6) is 0. The molecule has 0 amide bonds. The van der Waals surface area contributed by atoms with Crippen molar-refractivity contribution in [2.75, 3.05) is 0 Å². The summed E-state index contributed by atoms with van der Waals surface area (Å²) in [6.07, 6.45) is 0. The van der Waals surface area contributed by atoms with E-state index in [-0.39, 0.29) is 0 Å². The molecule has 6 aromatic carbocycles. The lowest BCUT2D eigenvalue weighted by Crippen LogP contribution is -2.33. The van der Waals surface area contributed by atoms with Crippen molar-refractivity contribution in [2.45, 2.75) is 0 Å². The van der Waals surface area contributed by atoms with E-state index in [1.54, 1.807) is 12.1 Å². The van der Waals surface area contributed by atoms with E-state index in [0.717, 1.165) is 44.3 Å². The molecule has 0 fully saturated rings. The first-order valence-electron chi connectivity index (χ1n) is 14.3. The molecule has 0 atom stereocenters. The second kappa shape index (κ2) is 10.3. The Kier molecular flexibility index (Phi) is 6.45. The molecule has 0 aliphatic carbocycles. The van der Waals surface area contributed by atoms with Crippen molar-refractivity contribution in [3.63, 3.8) is 0 Å². The van der Waals surface area contributed by atoms with Crippen molar-refractivity contribution in [3.8, 4) is 27.9 Å². The Bertz CT molecular complexity index is 2450. The van der Waals surface area contributed by atoms with Gasteiger partial charge in [0.1, 0.15) is 58.2 Å². The van der Waals surface area contributed by atoms with Gasteiger partial charge in [-0.2, -0.15) is 0 Å². The van der Waals surface area contributed by atoms with E-state index in [1.165, 1.54) is 0 Å². The van der Waals surface area contributed by atoms with E-state index in [1.807, 2.05) is 47.0 Å². The predicted molar refractivity (Wildman–Crippen MR) is 196 cm³/mol. The summed E-state index contributed by atoms with van der Waals surface area (Å²) in [5.41, 5.74) is 9.62. The second-order valence-corrected chi connectivity index (χ2v) is 11.7. The molecule has 9 heteroatoms. The first-order valence-corrected chi connectivity index (χ1v) is 14.7. The molecule has 0 unspecified atom stereocenters. The molecule has 0 aliphatic rings. The molecular weight excluding hydrogens is 563 g/mol. The third-order valence-corrected chi connectivity index (χ3v) is 8.79. The summed E-state index contributed by atoms with van der Waals surface area (Å²) < 4.78 is 8.50. The Morgan fingerprint density at radius 1 is 0.533 bits per heavy atom. The first kappa shape index (κ1) is 28.1. The van der Waals surface area contributed by atoms with Gasteiger partial charge in [0.15, 0.2) is 0 Å². The van der Waals surface area contributed by atoms with Crippen molar-refractivity contribution in [1.29, 1.82) is 0 Å². The van der Waals surface area contributed by atoms with E-state index < -0.39 is 0 Å². The molecule has 196 valence electrons. The SMILES string of the molecule is [B]c1cc([B])c2c(c1[B])c1c([B])c([B])cc([B])c1n2-c1cc(-c2cccc(-c3ccccc3)c2)c2oc3cc(Cl)ccc3c2c1. The van der Waals surface area contributed by atoms with Gasteiger partial charge in [-0.05, 0) is 57.8 Å². The van der Waals surface area contributed by atoms with Crippen LogP contribution in [0.25, 0.3) is 71.7 Å². The summed E-state index contributed by atoms with van der Waals surface area (Å²) >= 11 is 6.39. The Labute approximate surface area is 273 Å². The van der Waals surface area contributed by atoms with Crippen molar-refractivity contribution < 1.29 is 4.42 Å². The lowest BCUT2D eigenvalue weighted by molar-refractivity contribution is 0.670. The normalized spacial score (nSPS) is 11.8. The standard InChI is InChI=1S/C36H16B6ClNO/c37-25-15-27(39)34-30(32(25)41)31-33(42)26(38)16-28(40)35(31)44(34)21-13-23(19-8-4-7-18(11-19)17-5-2-1-3-6-17)36-24(14-21)22-10-9-20(43)12-29(22)45-36/h1-16H. The molecular formula is C36H16B6ClNO. The zero-order valence-electron chi connectivity index (χ0n) is 23.9. The minimum absolute atomic E-state index is 0.339. The number of halogens is 1. The highest BCUT2D eigenvalue weighted by atomic mass is 35.5. The Morgan fingerprint density at radius 3 is 1.82 bits per heavy atom. The van der Waals surface area contributed by atoms with Gasteiger partial charge < -0.3 is 8.98 Å². The third-order valence-electron chi connectivity index (χ3n) is 8.56. The zero-order valence-corrected chi connectivity index (χ0v) is 24.7. The molecule has 12 radical (unpaired) electrons. The van der Waals surface area contributed by atoms with Crippen molar-refractivity contribution in [3.05, 3.63) is 102 Å². The summed E-state index contributed by atoms with van der Waals surface area (Å²) in [6, 6.07) is 31.6. The van der Waals surface area contributed by atoms with Gasteiger partial charge in [0.2, 0.25) is 0 Å². The third kappa shape index (κ3) is 4.26. The molecule has 2 nitrogen and oxygen atoms in total. The number of hydrogen-bond acceptors (Lipinski definition) is 1. The zero-order chi connectivity index (χ0) is 31.1. The van der Waals surface area contributed by atoms with E-state index in [2.05, 4.69) is 42.5 Å². The van der Waals surface area contributed by atoms with Gasteiger partial charge in [0.05, 0.1) is 0 Å². The lowest BCUT2D eigenvalue weighted by atomic mass is 9.71. The molecule has 2 aromatic heterocycles. The van der Waals surface area contributed by atoms with Crippen molar-refractivity contribution >= 4 is 135 Å². The minimum Gasteiger partial charge on any atom is -0.455 e. The Balaban J connectivity index is 1.54. The van der Waals surface area contributed by atoms with Crippen LogP contribution in [-0.4, -0.2) is 51.6 Å². The van der Waals surface area contributed by atoms with Crippen molar-refractivity contribution in [1.82, 2.24) is 4.57 Å². The van der Waals surface area contributed by atoms with Gasteiger partial charge in [-0.1, -0.05) is 94.1 Å². The molecule has 0 spiro atoms. The molecule has 8 aromatic rings. The van der Waals surface area contributed by atoms with Crippen LogP contribution in [0.4, 0.5) is 0 Å². The molecule has 8 rings (SSSR count). The molecule has 0 saturated heterocycles. The Hall–Kier alpha value is -4.40. The van der Waals surface area contributed by atoms with E-state index in [9.17, 15) is 0 Å². The van der Waals surface area contributed by atoms with Crippen LogP contribution in [0.1, 0.15) is 0 Å². The molecule has 0 N–H and O–H groups in total. The van der Waals surface area contributed by atoms with Gasteiger partial charge in [0, 0.05) is 44.1 Å². The maximum Gasteiger partial charge on any atom is 0.143 e. The maximum atomic E-state index is 6.70. The Morgan fingerprint density at radius 2 is 1.16 bits per heavy atom. The minimum atomic E-state index is 0.339. The predicted octanol–water partition coefficient (Wildman–Crippen LogP) is 3.43. The van der Waals surface area contributed by atoms with Gasteiger partial charge >= 0.3 is 0 Å². The topological polar surface area (TPSA) is 18.1 Å². The summed E-state index contributed by atoms with van der Waals surface area (Å²) in [7, 11) is 39.2. The number of rotatable bonds is 3. The van der Waals surface area contributed by atoms with Crippen LogP contribution >= 0.6 is 11.6 Å². The second-order valence-electron chi connectivity index (χ2n) is 11.3.